The maximum atomic E-state index is 2.55. The van der Waals surface area contributed by atoms with Crippen LogP contribution in [0.5, 0.6) is 0 Å². The lowest BCUT2D eigenvalue weighted by atomic mass is 9.96. The Morgan fingerprint density at radius 3 is 2.84 bits per heavy atom. The molecule has 1 saturated heterocycles. The van der Waals surface area contributed by atoms with Gasteiger partial charge in [0.2, 0.25) is 0 Å². The topological polar surface area (TPSA) is 8.17 Å². The van der Waals surface area contributed by atoms with Crippen molar-refractivity contribution in [2.24, 2.45) is 7.05 Å². The normalized spacial score (nSPS) is 21.1. The summed E-state index contributed by atoms with van der Waals surface area (Å²) in [5, 5.41) is 1.43. The number of aryl methyl sites for hydroxylation is 2. The molecule has 1 fully saturated rings. The first kappa shape index (κ1) is 12.7. The monoisotopic (exact) mass is 256 g/mol. The zero-order chi connectivity index (χ0) is 13.2. The van der Waals surface area contributed by atoms with Crippen molar-refractivity contribution in [3.05, 3.63) is 36.0 Å². The van der Waals surface area contributed by atoms with Gasteiger partial charge < -0.3 is 9.47 Å². The van der Waals surface area contributed by atoms with E-state index in [1.165, 1.54) is 55.1 Å². The van der Waals surface area contributed by atoms with Crippen molar-refractivity contribution >= 4 is 10.9 Å². The number of hydrogen-bond donors (Lipinski definition) is 0. The average Bonchev–Trinajstić information content (AvgIpc) is 2.75. The van der Waals surface area contributed by atoms with Crippen LogP contribution in [0.3, 0.4) is 0 Å². The van der Waals surface area contributed by atoms with Crippen molar-refractivity contribution in [2.45, 2.75) is 38.1 Å². The van der Waals surface area contributed by atoms with E-state index in [0.29, 0.717) is 0 Å². The van der Waals surface area contributed by atoms with Gasteiger partial charge in [-0.3, -0.25) is 0 Å². The number of piperidine rings is 1. The minimum absolute atomic E-state index is 0.785. The highest BCUT2D eigenvalue weighted by Gasteiger charge is 2.19. The Morgan fingerprint density at radius 2 is 2.00 bits per heavy atom. The molecule has 2 aromatic rings. The summed E-state index contributed by atoms with van der Waals surface area (Å²) in [6, 6.07) is 9.54. The number of benzene rings is 1. The molecule has 102 valence electrons. The second kappa shape index (κ2) is 5.38. The summed E-state index contributed by atoms with van der Waals surface area (Å²) in [6.45, 7) is 1.28. The summed E-state index contributed by atoms with van der Waals surface area (Å²) < 4.78 is 2.26. The molecule has 1 aromatic heterocycles. The summed E-state index contributed by atoms with van der Waals surface area (Å²) >= 11 is 0. The molecule has 1 aliphatic rings. The maximum absolute atomic E-state index is 2.55. The van der Waals surface area contributed by atoms with E-state index in [0.717, 1.165) is 6.04 Å². The Hall–Kier alpha value is -1.28. The van der Waals surface area contributed by atoms with Crippen LogP contribution in [-0.2, 0) is 13.5 Å². The van der Waals surface area contributed by atoms with Gasteiger partial charge in [-0.2, -0.15) is 0 Å². The number of fused-ring (bicyclic) bond motifs is 1. The SMILES string of the molecule is CN1CCCCC1CCc1cn(C)c2ccccc12. The van der Waals surface area contributed by atoms with Crippen molar-refractivity contribution in [1.29, 1.82) is 0 Å². The number of likely N-dealkylation sites (tertiary alicyclic amines) is 1. The van der Waals surface area contributed by atoms with Crippen molar-refractivity contribution in [3.8, 4) is 0 Å². The molecule has 0 N–H and O–H groups in total. The van der Waals surface area contributed by atoms with Gasteiger partial charge in [-0.25, -0.2) is 0 Å². The molecular formula is C17H24N2. The van der Waals surface area contributed by atoms with E-state index in [2.05, 4.69) is 54.0 Å². The number of aromatic nitrogens is 1. The van der Waals surface area contributed by atoms with Crippen LogP contribution >= 0.6 is 0 Å². The smallest absolute Gasteiger partial charge is 0.0480 e. The molecule has 0 spiro atoms. The van der Waals surface area contributed by atoms with Crippen molar-refractivity contribution in [1.82, 2.24) is 9.47 Å². The van der Waals surface area contributed by atoms with Crippen LogP contribution in [0.2, 0.25) is 0 Å². The van der Waals surface area contributed by atoms with Gasteiger partial charge in [0.15, 0.2) is 0 Å². The molecule has 0 bridgehead atoms. The van der Waals surface area contributed by atoms with Gasteiger partial charge in [0.05, 0.1) is 0 Å². The molecule has 3 rings (SSSR count). The van der Waals surface area contributed by atoms with Crippen molar-refractivity contribution in [3.63, 3.8) is 0 Å². The lowest BCUT2D eigenvalue weighted by Crippen LogP contribution is -2.36. The second-order valence-corrected chi connectivity index (χ2v) is 5.95. The van der Waals surface area contributed by atoms with E-state index in [1.807, 2.05) is 0 Å². The van der Waals surface area contributed by atoms with E-state index in [1.54, 1.807) is 0 Å². The molecule has 0 radical (unpaired) electrons. The van der Waals surface area contributed by atoms with Crippen LogP contribution in [0.4, 0.5) is 0 Å². The summed E-state index contributed by atoms with van der Waals surface area (Å²) in [7, 11) is 4.44. The fourth-order valence-electron chi connectivity index (χ4n) is 3.46. The molecule has 2 nitrogen and oxygen atoms in total. The average molecular weight is 256 g/mol. The molecule has 0 saturated carbocycles. The minimum Gasteiger partial charge on any atom is -0.350 e. The van der Waals surface area contributed by atoms with Crippen LogP contribution < -0.4 is 0 Å². The number of hydrogen-bond acceptors (Lipinski definition) is 1. The maximum Gasteiger partial charge on any atom is 0.0480 e. The third kappa shape index (κ3) is 2.55. The molecule has 1 aliphatic heterocycles. The predicted octanol–water partition coefficient (Wildman–Crippen LogP) is 3.60. The summed E-state index contributed by atoms with van der Waals surface area (Å²) in [5.41, 5.74) is 2.87. The standard InChI is InChI=1S/C17H24N2/c1-18-12-6-5-7-15(18)11-10-14-13-19(2)17-9-4-3-8-16(14)17/h3-4,8-9,13,15H,5-7,10-12H2,1-2H3. The van der Waals surface area contributed by atoms with Crippen LogP contribution in [-0.4, -0.2) is 29.1 Å². The third-order valence-electron chi connectivity index (χ3n) is 4.65. The van der Waals surface area contributed by atoms with Gasteiger partial charge in [0.25, 0.3) is 0 Å². The predicted molar refractivity (Wildman–Crippen MR) is 81.5 cm³/mol. The molecule has 0 aliphatic carbocycles. The second-order valence-electron chi connectivity index (χ2n) is 5.95. The first-order valence-electron chi connectivity index (χ1n) is 7.49. The third-order valence-corrected chi connectivity index (χ3v) is 4.65. The fraction of sp³-hybridized carbons (Fsp3) is 0.529. The molecular weight excluding hydrogens is 232 g/mol. The Bertz CT molecular complexity index is 555. The highest BCUT2D eigenvalue weighted by Crippen LogP contribution is 2.24. The zero-order valence-electron chi connectivity index (χ0n) is 12.1. The number of nitrogens with zero attached hydrogens (tertiary/aromatic N) is 2. The van der Waals surface area contributed by atoms with E-state index in [9.17, 15) is 0 Å². The lowest BCUT2D eigenvalue weighted by molar-refractivity contribution is 0.176. The van der Waals surface area contributed by atoms with Gasteiger partial charge >= 0.3 is 0 Å². The number of para-hydroxylation sites is 1. The Balaban J connectivity index is 1.75. The van der Waals surface area contributed by atoms with Crippen LogP contribution in [0, 0.1) is 0 Å². The van der Waals surface area contributed by atoms with Crippen LogP contribution in [0.1, 0.15) is 31.2 Å². The quantitative estimate of drug-likeness (QED) is 0.814. The molecule has 1 unspecified atom stereocenters. The largest absolute Gasteiger partial charge is 0.350 e. The first-order chi connectivity index (χ1) is 9.25. The van der Waals surface area contributed by atoms with E-state index in [-0.39, 0.29) is 0 Å². The van der Waals surface area contributed by atoms with E-state index in [4.69, 9.17) is 0 Å². The van der Waals surface area contributed by atoms with Gasteiger partial charge in [-0.05, 0) is 50.9 Å². The number of rotatable bonds is 3. The highest BCUT2D eigenvalue weighted by atomic mass is 15.1. The van der Waals surface area contributed by atoms with Gasteiger partial charge in [0, 0.05) is 30.2 Å². The molecule has 1 aromatic carbocycles. The molecule has 1 atom stereocenters. The zero-order valence-corrected chi connectivity index (χ0v) is 12.1. The summed E-state index contributed by atoms with van der Waals surface area (Å²) in [4.78, 5) is 2.55. The molecule has 2 heteroatoms. The van der Waals surface area contributed by atoms with E-state index >= 15 is 0 Å². The fourth-order valence-corrected chi connectivity index (χ4v) is 3.46. The van der Waals surface area contributed by atoms with Crippen LogP contribution in [0.15, 0.2) is 30.5 Å². The summed E-state index contributed by atoms with van der Waals surface area (Å²) in [6.07, 6.45) is 8.97. The van der Waals surface area contributed by atoms with Gasteiger partial charge in [-0.1, -0.05) is 24.6 Å². The van der Waals surface area contributed by atoms with Crippen LogP contribution in [0.25, 0.3) is 10.9 Å². The molecule has 2 heterocycles. The molecule has 19 heavy (non-hydrogen) atoms. The first-order valence-corrected chi connectivity index (χ1v) is 7.49. The minimum atomic E-state index is 0.785. The Kier molecular flexibility index (Phi) is 3.61. The van der Waals surface area contributed by atoms with Crippen molar-refractivity contribution in [2.75, 3.05) is 13.6 Å². The lowest BCUT2D eigenvalue weighted by Gasteiger charge is -2.32. The Labute approximate surface area is 116 Å². The molecule has 0 amide bonds. The van der Waals surface area contributed by atoms with Gasteiger partial charge in [0.1, 0.15) is 0 Å². The summed E-state index contributed by atoms with van der Waals surface area (Å²) in [5.74, 6) is 0. The Morgan fingerprint density at radius 1 is 1.16 bits per heavy atom. The van der Waals surface area contributed by atoms with Crippen molar-refractivity contribution < 1.29 is 0 Å². The van der Waals surface area contributed by atoms with E-state index < -0.39 is 0 Å². The van der Waals surface area contributed by atoms with Gasteiger partial charge in [-0.15, -0.1) is 0 Å². The highest BCUT2D eigenvalue weighted by molar-refractivity contribution is 5.83.